The molecule has 0 heterocycles. The number of aliphatic hydroxyl groups is 1. The average molecular weight is 234 g/mol. The van der Waals surface area contributed by atoms with Crippen LogP contribution in [0.2, 0.25) is 0 Å². The van der Waals surface area contributed by atoms with E-state index in [1.165, 1.54) is 18.2 Å². The van der Waals surface area contributed by atoms with Crippen molar-refractivity contribution < 1.29 is 14.7 Å². The quantitative estimate of drug-likeness (QED) is 0.461. The second kappa shape index (κ2) is 4.80. The van der Waals surface area contributed by atoms with E-state index in [9.17, 15) is 14.7 Å². The molecule has 0 spiro atoms. The molecule has 92 valence electrons. The van der Waals surface area contributed by atoms with Crippen molar-refractivity contribution in [3.63, 3.8) is 0 Å². The summed E-state index contributed by atoms with van der Waals surface area (Å²) in [6.07, 6.45) is 8.68. The molecule has 1 aliphatic rings. The number of hydrogen-bond donors (Lipinski definition) is 1. The van der Waals surface area contributed by atoms with E-state index in [1.807, 2.05) is 13.8 Å². The van der Waals surface area contributed by atoms with Crippen LogP contribution in [-0.2, 0) is 9.59 Å². The Kier molecular flexibility index (Phi) is 3.83. The molecule has 1 unspecified atom stereocenters. The number of carbonyl (C=O) groups excluding carboxylic acids is 2. The third-order valence-corrected chi connectivity index (χ3v) is 3.15. The molecule has 0 aromatic carbocycles. The van der Waals surface area contributed by atoms with Crippen LogP contribution in [-0.4, -0.2) is 22.8 Å². The molecule has 0 aromatic rings. The van der Waals surface area contributed by atoms with E-state index in [0.29, 0.717) is 12.7 Å². The van der Waals surface area contributed by atoms with E-state index >= 15 is 0 Å². The van der Waals surface area contributed by atoms with Crippen molar-refractivity contribution in [2.75, 3.05) is 0 Å². The van der Waals surface area contributed by atoms with E-state index < -0.39 is 11.0 Å². The number of ketones is 1. The van der Waals surface area contributed by atoms with Gasteiger partial charge in [0.1, 0.15) is 11.9 Å². The van der Waals surface area contributed by atoms with Crippen molar-refractivity contribution in [3.05, 3.63) is 36.0 Å². The fourth-order valence-electron chi connectivity index (χ4n) is 1.78. The van der Waals surface area contributed by atoms with Crippen LogP contribution in [0.25, 0.3) is 0 Å². The summed E-state index contributed by atoms with van der Waals surface area (Å²) >= 11 is 0. The van der Waals surface area contributed by atoms with Crippen molar-refractivity contribution in [1.82, 2.24) is 0 Å². The number of aldehydes is 1. The highest BCUT2D eigenvalue weighted by atomic mass is 16.3. The summed E-state index contributed by atoms with van der Waals surface area (Å²) in [4.78, 5) is 21.6. The number of hydrogen-bond acceptors (Lipinski definition) is 3. The lowest BCUT2D eigenvalue weighted by atomic mass is 9.68. The zero-order chi connectivity index (χ0) is 13.1. The summed E-state index contributed by atoms with van der Waals surface area (Å²) in [6.45, 7) is 5.47. The first-order valence-corrected chi connectivity index (χ1v) is 5.56. The van der Waals surface area contributed by atoms with Gasteiger partial charge in [0.05, 0.1) is 0 Å². The zero-order valence-corrected chi connectivity index (χ0v) is 10.4. The molecule has 17 heavy (non-hydrogen) atoms. The number of rotatable bonds is 3. The Hall–Kier alpha value is -1.48. The number of carbonyl (C=O) groups is 2. The van der Waals surface area contributed by atoms with Gasteiger partial charge in [-0.05, 0) is 36.8 Å². The Bertz CT molecular complexity index is 413. The zero-order valence-electron chi connectivity index (χ0n) is 10.4. The summed E-state index contributed by atoms with van der Waals surface area (Å²) in [5.74, 6) is 0.0215. The Balaban J connectivity index is 3.02. The maximum absolute atomic E-state index is 11.3. The smallest absolute Gasteiger partial charge is 0.156 e. The molecule has 1 rings (SSSR count). The van der Waals surface area contributed by atoms with Gasteiger partial charge in [-0.25, -0.2) is 0 Å². The summed E-state index contributed by atoms with van der Waals surface area (Å²) in [7, 11) is 0. The highest BCUT2D eigenvalue weighted by Crippen LogP contribution is 2.40. The maximum atomic E-state index is 11.3. The van der Waals surface area contributed by atoms with Crippen molar-refractivity contribution in [2.24, 2.45) is 5.41 Å². The van der Waals surface area contributed by atoms with Gasteiger partial charge in [-0.1, -0.05) is 19.9 Å². The van der Waals surface area contributed by atoms with Crippen LogP contribution < -0.4 is 0 Å². The molecular formula is C14H18O3. The van der Waals surface area contributed by atoms with Gasteiger partial charge < -0.3 is 5.11 Å². The molecule has 0 radical (unpaired) electrons. The van der Waals surface area contributed by atoms with E-state index in [1.54, 1.807) is 19.1 Å². The molecule has 3 heteroatoms. The third-order valence-electron chi connectivity index (χ3n) is 3.15. The molecule has 0 fully saturated rings. The van der Waals surface area contributed by atoms with Crippen LogP contribution in [0.3, 0.4) is 0 Å². The molecule has 0 aromatic heterocycles. The van der Waals surface area contributed by atoms with E-state index in [-0.39, 0.29) is 5.78 Å². The summed E-state index contributed by atoms with van der Waals surface area (Å²) < 4.78 is 0. The van der Waals surface area contributed by atoms with E-state index in [4.69, 9.17) is 0 Å². The fourth-order valence-corrected chi connectivity index (χ4v) is 1.78. The Morgan fingerprint density at radius 1 is 1.47 bits per heavy atom. The molecule has 0 bridgehead atoms. The first-order valence-electron chi connectivity index (χ1n) is 5.56. The van der Waals surface area contributed by atoms with Crippen molar-refractivity contribution in [3.8, 4) is 0 Å². The van der Waals surface area contributed by atoms with Gasteiger partial charge in [-0.15, -0.1) is 0 Å². The van der Waals surface area contributed by atoms with Gasteiger partial charge >= 0.3 is 0 Å². The third kappa shape index (κ3) is 3.01. The molecule has 1 N–H and O–H groups in total. The lowest BCUT2D eigenvalue weighted by Gasteiger charge is -2.40. The van der Waals surface area contributed by atoms with E-state index in [0.717, 1.165) is 5.57 Å². The van der Waals surface area contributed by atoms with Gasteiger partial charge in [0.2, 0.25) is 0 Å². The number of allylic oxidation sites excluding steroid dienone is 4. The molecule has 0 aliphatic heterocycles. The van der Waals surface area contributed by atoms with Crippen molar-refractivity contribution in [2.45, 2.75) is 32.8 Å². The monoisotopic (exact) mass is 234 g/mol. The summed E-state index contributed by atoms with van der Waals surface area (Å²) in [6, 6.07) is 0. The molecule has 0 amide bonds. The van der Waals surface area contributed by atoms with Gasteiger partial charge in [-0.2, -0.15) is 0 Å². The predicted octanol–water partition coefficient (Wildman–Crippen LogP) is 1.97. The van der Waals surface area contributed by atoms with Gasteiger partial charge in [0.25, 0.3) is 0 Å². The van der Waals surface area contributed by atoms with Gasteiger partial charge in [-0.3, -0.25) is 9.59 Å². The van der Waals surface area contributed by atoms with E-state index in [2.05, 4.69) is 0 Å². The minimum Gasteiger partial charge on any atom is -0.381 e. The van der Waals surface area contributed by atoms with Crippen LogP contribution in [0.15, 0.2) is 36.0 Å². The SMILES string of the molecule is CC(C=CC1(O)C=CC(=O)CC1(C)C)=CC=O. The first-order chi connectivity index (χ1) is 7.81. The average Bonchev–Trinajstić information content (AvgIpc) is 2.21. The largest absolute Gasteiger partial charge is 0.381 e. The normalized spacial score (nSPS) is 28.7. The Morgan fingerprint density at radius 2 is 2.12 bits per heavy atom. The second-order valence-electron chi connectivity index (χ2n) is 5.07. The van der Waals surface area contributed by atoms with Crippen LogP contribution in [0.4, 0.5) is 0 Å². The standard InChI is InChI=1S/C14H18O3/c1-11(6-9-15)4-7-14(17)8-5-12(16)10-13(14,2)3/h4-9,17H,10H2,1-3H3. The van der Waals surface area contributed by atoms with Gasteiger partial charge in [0.15, 0.2) is 5.78 Å². The molecule has 1 atom stereocenters. The maximum Gasteiger partial charge on any atom is 0.156 e. The van der Waals surface area contributed by atoms with Crippen LogP contribution in [0.5, 0.6) is 0 Å². The fraction of sp³-hybridized carbons (Fsp3) is 0.429. The lowest BCUT2D eigenvalue weighted by molar-refractivity contribution is -0.120. The van der Waals surface area contributed by atoms with Crippen LogP contribution in [0.1, 0.15) is 27.2 Å². The lowest BCUT2D eigenvalue weighted by Crippen LogP contribution is -2.45. The minimum atomic E-state index is -1.15. The van der Waals surface area contributed by atoms with Crippen molar-refractivity contribution >= 4 is 12.1 Å². The summed E-state index contributed by atoms with van der Waals surface area (Å²) in [5, 5.41) is 10.5. The molecular weight excluding hydrogens is 216 g/mol. The minimum absolute atomic E-state index is 0.0215. The summed E-state index contributed by atoms with van der Waals surface area (Å²) in [5.41, 5.74) is -0.940. The Labute approximate surface area is 102 Å². The van der Waals surface area contributed by atoms with Crippen LogP contribution >= 0.6 is 0 Å². The Morgan fingerprint density at radius 3 is 2.65 bits per heavy atom. The molecule has 3 nitrogen and oxygen atoms in total. The highest BCUT2D eigenvalue weighted by molar-refractivity contribution is 5.91. The second-order valence-corrected chi connectivity index (χ2v) is 5.07. The highest BCUT2D eigenvalue weighted by Gasteiger charge is 2.43. The molecule has 0 saturated carbocycles. The predicted molar refractivity (Wildman–Crippen MR) is 66.5 cm³/mol. The molecule has 1 aliphatic carbocycles. The first kappa shape index (κ1) is 13.6. The van der Waals surface area contributed by atoms with Crippen molar-refractivity contribution in [1.29, 1.82) is 0 Å². The molecule has 0 saturated heterocycles. The van der Waals surface area contributed by atoms with Gasteiger partial charge in [0, 0.05) is 11.8 Å². The van der Waals surface area contributed by atoms with Crippen LogP contribution in [0, 0.1) is 5.41 Å². The topological polar surface area (TPSA) is 54.4 Å².